The van der Waals surface area contributed by atoms with Crippen molar-refractivity contribution in [1.82, 2.24) is 30.4 Å². The van der Waals surface area contributed by atoms with Crippen LogP contribution in [0.25, 0.3) is 16.6 Å². The number of nitrogens with zero attached hydrogens (tertiary/aromatic N) is 3. The third-order valence-electron chi connectivity index (χ3n) is 6.66. The normalized spacial score (nSPS) is 16.3. The van der Waals surface area contributed by atoms with E-state index in [9.17, 15) is 14.4 Å². The van der Waals surface area contributed by atoms with Crippen LogP contribution in [0.3, 0.4) is 0 Å². The van der Waals surface area contributed by atoms with Gasteiger partial charge in [0.2, 0.25) is 0 Å². The molecule has 3 aromatic rings. The van der Waals surface area contributed by atoms with Crippen LogP contribution in [0.1, 0.15) is 67.0 Å². The Morgan fingerprint density at radius 2 is 1.95 bits per heavy atom. The highest BCUT2D eigenvalue weighted by atomic mass is 16.5. The zero-order chi connectivity index (χ0) is 28.5. The maximum absolute atomic E-state index is 13.6. The number of aromatic nitrogens is 4. The second-order valence-corrected chi connectivity index (χ2v) is 11.2. The van der Waals surface area contributed by atoms with E-state index in [0.717, 1.165) is 16.8 Å². The van der Waals surface area contributed by atoms with Gasteiger partial charge >= 0.3 is 5.97 Å². The highest BCUT2D eigenvalue weighted by Crippen LogP contribution is 2.34. The van der Waals surface area contributed by atoms with Crippen molar-refractivity contribution in [2.45, 2.75) is 72.1 Å². The number of methoxy groups -OCH3 is 1. The summed E-state index contributed by atoms with van der Waals surface area (Å²) in [7, 11) is 1.32. The number of allylic oxidation sites excluding steroid dienone is 1. The van der Waals surface area contributed by atoms with Crippen molar-refractivity contribution in [2.75, 3.05) is 7.11 Å². The van der Waals surface area contributed by atoms with E-state index in [0.29, 0.717) is 34.3 Å². The zero-order valence-corrected chi connectivity index (χ0v) is 23.6. The molecule has 0 saturated heterocycles. The SMILES string of the molecule is COC(=O)C=CCn1ncc2c(C(=O)NCc3c(C)cc(C)[nH]c3=O)cc(C3=CC(C)(C)NC(C)(C)C3)nc21. The summed E-state index contributed by atoms with van der Waals surface area (Å²) in [5, 5.41) is 11.6. The van der Waals surface area contributed by atoms with Crippen LogP contribution in [0.5, 0.6) is 0 Å². The van der Waals surface area contributed by atoms with Crippen LogP contribution in [0.2, 0.25) is 0 Å². The molecule has 0 aliphatic carbocycles. The average Bonchev–Trinajstić information content (AvgIpc) is 3.23. The van der Waals surface area contributed by atoms with Gasteiger partial charge in [-0.3, -0.25) is 9.59 Å². The molecule has 0 fully saturated rings. The summed E-state index contributed by atoms with van der Waals surface area (Å²) in [5.74, 6) is -0.799. The molecule has 39 heavy (non-hydrogen) atoms. The van der Waals surface area contributed by atoms with E-state index in [1.54, 1.807) is 23.0 Å². The molecule has 0 saturated carbocycles. The van der Waals surface area contributed by atoms with Crippen LogP contribution in [0, 0.1) is 13.8 Å². The van der Waals surface area contributed by atoms with E-state index in [2.05, 4.69) is 59.2 Å². The molecule has 1 aliphatic rings. The van der Waals surface area contributed by atoms with Gasteiger partial charge in [-0.2, -0.15) is 5.10 Å². The van der Waals surface area contributed by atoms with Gasteiger partial charge in [0.15, 0.2) is 5.65 Å². The van der Waals surface area contributed by atoms with E-state index in [1.165, 1.54) is 13.2 Å². The van der Waals surface area contributed by atoms with Crippen molar-refractivity contribution in [1.29, 1.82) is 0 Å². The summed E-state index contributed by atoms with van der Waals surface area (Å²) in [4.78, 5) is 45.3. The Morgan fingerprint density at radius 1 is 1.21 bits per heavy atom. The van der Waals surface area contributed by atoms with Gasteiger partial charge < -0.3 is 20.4 Å². The number of carbonyl (C=O) groups excluding carboxylic acids is 2. The largest absolute Gasteiger partial charge is 0.466 e. The lowest BCUT2D eigenvalue weighted by molar-refractivity contribution is -0.134. The molecule has 206 valence electrons. The molecule has 0 atom stereocenters. The molecule has 3 aromatic heterocycles. The Kier molecular flexibility index (Phi) is 7.61. The highest BCUT2D eigenvalue weighted by Gasteiger charge is 2.33. The summed E-state index contributed by atoms with van der Waals surface area (Å²) >= 11 is 0. The predicted octanol–water partition coefficient (Wildman–Crippen LogP) is 3.33. The number of hydrogen-bond acceptors (Lipinski definition) is 7. The fourth-order valence-corrected chi connectivity index (χ4v) is 5.30. The average molecular weight is 533 g/mol. The molecular formula is C29H36N6O4. The molecule has 10 nitrogen and oxygen atoms in total. The number of ether oxygens (including phenoxy) is 1. The zero-order valence-electron chi connectivity index (χ0n) is 23.6. The Morgan fingerprint density at radius 3 is 2.62 bits per heavy atom. The molecule has 4 heterocycles. The van der Waals surface area contributed by atoms with Gasteiger partial charge in [0.05, 0.1) is 36.5 Å². The molecule has 0 radical (unpaired) electrons. The van der Waals surface area contributed by atoms with E-state index in [1.807, 2.05) is 19.9 Å². The topological polar surface area (TPSA) is 131 Å². The number of fused-ring (bicyclic) bond motifs is 1. The quantitative estimate of drug-likeness (QED) is 0.314. The lowest BCUT2D eigenvalue weighted by atomic mass is 9.82. The third kappa shape index (κ3) is 6.34. The molecular weight excluding hydrogens is 496 g/mol. The Bertz CT molecular complexity index is 1560. The second kappa shape index (κ2) is 10.6. The molecule has 10 heteroatoms. The number of pyridine rings is 2. The first kappa shape index (κ1) is 28.0. The van der Waals surface area contributed by atoms with Crippen LogP contribution < -0.4 is 16.2 Å². The van der Waals surface area contributed by atoms with Crippen molar-refractivity contribution in [2.24, 2.45) is 0 Å². The molecule has 0 bridgehead atoms. The maximum Gasteiger partial charge on any atom is 0.330 e. The molecule has 1 aliphatic heterocycles. The van der Waals surface area contributed by atoms with Gasteiger partial charge in [0, 0.05) is 35.0 Å². The van der Waals surface area contributed by atoms with Gasteiger partial charge in [0.25, 0.3) is 11.5 Å². The van der Waals surface area contributed by atoms with Gasteiger partial charge in [-0.15, -0.1) is 0 Å². The van der Waals surface area contributed by atoms with E-state index in [4.69, 9.17) is 4.98 Å². The first-order valence-electron chi connectivity index (χ1n) is 12.9. The number of esters is 1. The van der Waals surface area contributed by atoms with Crippen LogP contribution in [0.4, 0.5) is 0 Å². The van der Waals surface area contributed by atoms with Crippen LogP contribution in [-0.4, -0.2) is 49.8 Å². The summed E-state index contributed by atoms with van der Waals surface area (Å²) in [6, 6.07) is 3.67. The van der Waals surface area contributed by atoms with Crippen LogP contribution >= 0.6 is 0 Å². The summed E-state index contributed by atoms with van der Waals surface area (Å²) in [6.45, 7) is 12.5. The molecule has 0 aromatic carbocycles. The minimum atomic E-state index is -0.467. The number of carbonyl (C=O) groups is 2. The molecule has 1 amide bonds. The van der Waals surface area contributed by atoms with E-state index >= 15 is 0 Å². The van der Waals surface area contributed by atoms with Crippen LogP contribution in [0.15, 0.2) is 41.4 Å². The number of nitrogens with one attached hydrogen (secondary N) is 3. The fraction of sp³-hybridized carbons (Fsp3) is 0.414. The molecule has 3 N–H and O–H groups in total. The fourth-order valence-electron chi connectivity index (χ4n) is 5.30. The highest BCUT2D eigenvalue weighted by molar-refractivity contribution is 6.06. The monoisotopic (exact) mass is 532 g/mol. The summed E-state index contributed by atoms with van der Waals surface area (Å²) < 4.78 is 6.31. The van der Waals surface area contributed by atoms with Crippen molar-refractivity contribution >= 4 is 28.5 Å². The number of H-pyrrole nitrogens is 1. The van der Waals surface area contributed by atoms with Gasteiger partial charge in [0.1, 0.15) is 0 Å². The standard InChI is InChI=1S/C29H36N6O4/c1-17-11-18(2)32-27(38)21(17)15-30-26(37)20-12-23(19-13-28(3,4)34-29(5,6)14-19)33-25-22(20)16-31-35(25)10-8-9-24(36)39-7/h8-9,11-13,16,34H,10,14-15H2,1-7H3,(H,30,37)(H,32,38). The van der Waals surface area contributed by atoms with Crippen LogP contribution in [-0.2, 0) is 22.6 Å². The number of aryl methyl sites for hydroxylation is 2. The first-order valence-corrected chi connectivity index (χ1v) is 12.9. The lowest BCUT2D eigenvalue weighted by Gasteiger charge is -2.41. The Balaban J connectivity index is 1.77. The molecule has 4 rings (SSSR count). The van der Waals surface area contributed by atoms with Gasteiger partial charge in [-0.05, 0) is 71.2 Å². The maximum atomic E-state index is 13.6. The van der Waals surface area contributed by atoms with Gasteiger partial charge in [-0.25, -0.2) is 14.5 Å². The molecule has 0 unspecified atom stereocenters. The third-order valence-corrected chi connectivity index (χ3v) is 6.66. The Hall–Kier alpha value is -4.05. The minimum absolute atomic E-state index is 0.0854. The van der Waals surface area contributed by atoms with Crippen molar-refractivity contribution < 1.29 is 14.3 Å². The smallest absolute Gasteiger partial charge is 0.330 e. The minimum Gasteiger partial charge on any atom is -0.466 e. The second-order valence-electron chi connectivity index (χ2n) is 11.2. The first-order chi connectivity index (χ1) is 18.3. The van der Waals surface area contributed by atoms with E-state index < -0.39 is 5.97 Å². The number of hydrogen-bond donors (Lipinski definition) is 3. The van der Waals surface area contributed by atoms with Crippen molar-refractivity contribution in [3.8, 4) is 0 Å². The number of rotatable bonds is 7. The predicted molar refractivity (Wildman–Crippen MR) is 150 cm³/mol. The lowest BCUT2D eigenvalue weighted by Crippen LogP contribution is -2.53. The Labute approximate surface area is 227 Å². The molecule has 0 spiro atoms. The van der Waals surface area contributed by atoms with E-state index in [-0.39, 0.29) is 35.6 Å². The van der Waals surface area contributed by atoms with Crippen molar-refractivity contribution in [3.05, 3.63) is 75.0 Å². The number of aromatic amines is 1. The summed E-state index contributed by atoms with van der Waals surface area (Å²) in [6.07, 6.45) is 7.41. The van der Waals surface area contributed by atoms with Crippen molar-refractivity contribution in [3.63, 3.8) is 0 Å². The number of amides is 1. The van der Waals surface area contributed by atoms with Gasteiger partial charge in [-0.1, -0.05) is 12.2 Å². The summed E-state index contributed by atoms with van der Waals surface area (Å²) in [5.41, 5.74) is 4.04.